The third kappa shape index (κ3) is 6.89. The number of para-hydroxylation sites is 1. The van der Waals surface area contributed by atoms with Crippen LogP contribution in [0.3, 0.4) is 0 Å². The first-order valence-corrected chi connectivity index (χ1v) is 11.2. The molecule has 0 spiro atoms. The van der Waals surface area contributed by atoms with Crippen molar-refractivity contribution in [1.29, 1.82) is 0 Å². The van der Waals surface area contributed by atoms with Gasteiger partial charge in [0.25, 0.3) is 0 Å². The van der Waals surface area contributed by atoms with E-state index in [1.165, 1.54) is 24.1 Å². The minimum atomic E-state index is 0.153. The Morgan fingerprint density at radius 2 is 1.90 bits per heavy atom. The first-order valence-electron chi connectivity index (χ1n) is 11.2. The monoisotopic (exact) mass is 423 g/mol. The molecule has 0 bridgehead atoms. The lowest BCUT2D eigenvalue weighted by atomic mass is 10.1. The summed E-state index contributed by atoms with van der Waals surface area (Å²) >= 11 is 0. The molecular formula is C25H37N5O. The average Bonchev–Trinajstić information content (AvgIpc) is 3.32. The van der Waals surface area contributed by atoms with Gasteiger partial charge >= 0.3 is 0 Å². The van der Waals surface area contributed by atoms with Crippen LogP contribution < -0.4 is 20.3 Å². The van der Waals surface area contributed by atoms with Crippen molar-refractivity contribution in [3.63, 3.8) is 0 Å². The van der Waals surface area contributed by atoms with Gasteiger partial charge in [-0.2, -0.15) is 0 Å². The Hall–Kier alpha value is -2.73. The Labute approximate surface area is 187 Å². The van der Waals surface area contributed by atoms with Crippen molar-refractivity contribution in [3.05, 3.63) is 59.7 Å². The lowest BCUT2D eigenvalue weighted by Gasteiger charge is -2.22. The van der Waals surface area contributed by atoms with E-state index < -0.39 is 0 Å². The van der Waals surface area contributed by atoms with E-state index in [0.717, 1.165) is 36.9 Å². The number of ether oxygens (including phenoxy) is 1. The first-order chi connectivity index (χ1) is 15.1. The van der Waals surface area contributed by atoms with Crippen molar-refractivity contribution < 1.29 is 4.74 Å². The quantitative estimate of drug-likeness (QED) is 0.476. The maximum atomic E-state index is 5.98. The minimum Gasteiger partial charge on any atom is -0.492 e. The van der Waals surface area contributed by atoms with Crippen molar-refractivity contribution in [2.45, 2.75) is 32.4 Å². The van der Waals surface area contributed by atoms with Gasteiger partial charge in [-0.15, -0.1) is 0 Å². The molecule has 1 aliphatic rings. The maximum absolute atomic E-state index is 5.98. The molecule has 1 heterocycles. The molecule has 0 amide bonds. The molecular weight excluding hydrogens is 386 g/mol. The highest BCUT2D eigenvalue weighted by Gasteiger charge is 2.15. The molecule has 1 aliphatic heterocycles. The number of nitrogens with one attached hydrogen (secondary N) is 2. The summed E-state index contributed by atoms with van der Waals surface area (Å²) in [5.41, 5.74) is 3.70. The number of aliphatic imine (C=N–C) groups is 1. The zero-order chi connectivity index (χ0) is 22.1. The molecule has 2 aromatic rings. The van der Waals surface area contributed by atoms with Crippen molar-refractivity contribution >= 4 is 11.6 Å². The summed E-state index contributed by atoms with van der Waals surface area (Å²) < 4.78 is 5.98. The topological polar surface area (TPSA) is 52.1 Å². The highest BCUT2D eigenvalue weighted by atomic mass is 16.5. The number of hydrogen-bond donors (Lipinski definition) is 2. The van der Waals surface area contributed by atoms with E-state index in [0.29, 0.717) is 13.2 Å². The molecule has 1 saturated heterocycles. The lowest BCUT2D eigenvalue weighted by molar-refractivity contribution is 0.259. The number of benzene rings is 2. The molecule has 1 unspecified atom stereocenters. The van der Waals surface area contributed by atoms with Gasteiger partial charge < -0.3 is 25.2 Å². The highest BCUT2D eigenvalue weighted by molar-refractivity contribution is 5.80. The van der Waals surface area contributed by atoms with E-state index in [2.05, 4.69) is 76.8 Å². The van der Waals surface area contributed by atoms with Gasteiger partial charge in [-0.1, -0.05) is 30.3 Å². The van der Waals surface area contributed by atoms with Crippen molar-refractivity contribution in [1.82, 2.24) is 15.5 Å². The van der Waals surface area contributed by atoms with E-state index in [9.17, 15) is 0 Å². The van der Waals surface area contributed by atoms with Crippen LogP contribution in [0.1, 0.15) is 36.9 Å². The van der Waals surface area contributed by atoms with E-state index in [4.69, 9.17) is 4.74 Å². The molecule has 0 aliphatic carbocycles. The molecule has 3 rings (SSSR count). The Balaban J connectivity index is 1.57. The van der Waals surface area contributed by atoms with Crippen LogP contribution in [-0.4, -0.2) is 58.2 Å². The second kappa shape index (κ2) is 11.6. The highest BCUT2D eigenvalue weighted by Crippen LogP contribution is 2.24. The molecule has 31 heavy (non-hydrogen) atoms. The largest absolute Gasteiger partial charge is 0.492 e. The Morgan fingerprint density at radius 1 is 1.13 bits per heavy atom. The number of anilines is 1. The predicted molar refractivity (Wildman–Crippen MR) is 130 cm³/mol. The SMILES string of the molecule is CN=C(NCc1ccccc1OCCN(C)C)NC(C)c1cccc(N2CCCC2)c1. The molecule has 1 fully saturated rings. The summed E-state index contributed by atoms with van der Waals surface area (Å²) in [6.07, 6.45) is 2.57. The molecule has 0 saturated carbocycles. The third-order valence-corrected chi connectivity index (χ3v) is 5.63. The Morgan fingerprint density at radius 3 is 2.65 bits per heavy atom. The van der Waals surface area contributed by atoms with E-state index in [1.54, 1.807) is 0 Å². The number of hydrogen-bond acceptors (Lipinski definition) is 4. The standard InChI is InChI=1S/C25H37N5O/c1-20(21-11-9-12-23(18-21)30-14-7-8-15-30)28-25(26-2)27-19-22-10-5-6-13-24(22)31-17-16-29(3)4/h5-6,9-13,18,20H,7-8,14-17,19H2,1-4H3,(H2,26,27,28). The number of guanidine groups is 1. The van der Waals surface area contributed by atoms with Gasteiger partial charge in [0.2, 0.25) is 0 Å². The lowest BCUT2D eigenvalue weighted by Crippen LogP contribution is -2.38. The van der Waals surface area contributed by atoms with Gasteiger partial charge in [0.1, 0.15) is 12.4 Å². The van der Waals surface area contributed by atoms with Crippen molar-refractivity contribution in [2.24, 2.45) is 4.99 Å². The normalized spacial score (nSPS) is 15.3. The average molecular weight is 424 g/mol. The molecule has 6 nitrogen and oxygen atoms in total. The van der Waals surface area contributed by atoms with Crippen LogP contribution in [0.5, 0.6) is 5.75 Å². The summed E-state index contributed by atoms with van der Waals surface area (Å²) in [5, 5.41) is 6.96. The Bertz CT molecular complexity index is 845. The van der Waals surface area contributed by atoms with Crippen LogP contribution in [0, 0.1) is 0 Å². The second-order valence-electron chi connectivity index (χ2n) is 8.34. The third-order valence-electron chi connectivity index (χ3n) is 5.63. The summed E-state index contributed by atoms with van der Waals surface area (Å²) in [4.78, 5) is 9.01. The van der Waals surface area contributed by atoms with E-state index in [-0.39, 0.29) is 6.04 Å². The summed E-state index contributed by atoms with van der Waals surface area (Å²) in [6.45, 7) is 6.70. The van der Waals surface area contributed by atoms with Gasteiger partial charge in [0.15, 0.2) is 5.96 Å². The molecule has 0 radical (unpaired) electrons. The van der Waals surface area contributed by atoms with Crippen LogP contribution in [0.15, 0.2) is 53.5 Å². The van der Waals surface area contributed by atoms with Crippen molar-refractivity contribution in [2.75, 3.05) is 52.3 Å². The summed E-state index contributed by atoms with van der Waals surface area (Å²) in [6, 6.07) is 17.2. The number of rotatable bonds is 9. The molecule has 168 valence electrons. The molecule has 2 N–H and O–H groups in total. The van der Waals surface area contributed by atoms with Gasteiger partial charge in [-0.25, -0.2) is 0 Å². The fraction of sp³-hybridized carbons (Fsp3) is 0.480. The van der Waals surface area contributed by atoms with Crippen molar-refractivity contribution in [3.8, 4) is 5.75 Å². The van der Waals surface area contributed by atoms with Gasteiger partial charge in [-0.05, 0) is 57.6 Å². The van der Waals surface area contributed by atoms with Crippen LogP contribution >= 0.6 is 0 Å². The van der Waals surface area contributed by atoms with E-state index in [1.807, 2.05) is 25.2 Å². The number of nitrogens with zero attached hydrogens (tertiary/aromatic N) is 3. The molecule has 2 aromatic carbocycles. The second-order valence-corrected chi connectivity index (χ2v) is 8.34. The van der Waals surface area contributed by atoms with Crippen LogP contribution in [-0.2, 0) is 6.54 Å². The zero-order valence-corrected chi connectivity index (χ0v) is 19.4. The number of likely N-dealkylation sites (N-methyl/N-ethyl adjacent to an activating group) is 1. The maximum Gasteiger partial charge on any atom is 0.191 e. The Kier molecular flexibility index (Phi) is 8.59. The van der Waals surface area contributed by atoms with Crippen LogP contribution in [0.2, 0.25) is 0 Å². The fourth-order valence-electron chi connectivity index (χ4n) is 3.76. The van der Waals surface area contributed by atoms with Crippen LogP contribution in [0.4, 0.5) is 5.69 Å². The van der Waals surface area contributed by atoms with E-state index >= 15 is 0 Å². The van der Waals surface area contributed by atoms with Gasteiger partial charge in [0.05, 0.1) is 6.04 Å². The summed E-state index contributed by atoms with van der Waals surface area (Å²) in [7, 11) is 5.91. The molecule has 1 atom stereocenters. The molecule has 6 heteroatoms. The smallest absolute Gasteiger partial charge is 0.191 e. The van der Waals surface area contributed by atoms with Crippen LogP contribution in [0.25, 0.3) is 0 Å². The minimum absolute atomic E-state index is 0.153. The molecule has 0 aromatic heterocycles. The zero-order valence-electron chi connectivity index (χ0n) is 19.4. The van der Waals surface area contributed by atoms with Gasteiger partial charge in [-0.3, -0.25) is 4.99 Å². The predicted octanol–water partition coefficient (Wildman–Crippen LogP) is 3.65. The summed E-state index contributed by atoms with van der Waals surface area (Å²) in [5.74, 6) is 1.70. The first kappa shape index (κ1) is 22.9. The fourth-order valence-corrected chi connectivity index (χ4v) is 3.76. The van der Waals surface area contributed by atoms with Gasteiger partial charge in [0, 0.05) is 44.5 Å².